The minimum Gasteiger partial charge on any atom is -0.207 e. The molecule has 0 aliphatic rings. The molecule has 0 saturated heterocycles. The lowest BCUT2D eigenvalue weighted by Crippen LogP contribution is -1.82. The van der Waals surface area contributed by atoms with E-state index in [1.54, 1.807) is 29.3 Å². The summed E-state index contributed by atoms with van der Waals surface area (Å²) < 4.78 is 12.7. The molecule has 0 amide bonds. The van der Waals surface area contributed by atoms with Gasteiger partial charge in [-0.15, -0.1) is 0 Å². The van der Waals surface area contributed by atoms with Crippen molar-refractivity contribution < 1.29 is 4.39 Å². The van der Waals surface area contributed by atoms with Crippen molar-refractivity contribution in [2.24, 2.45) is 0 Å². The molecule has 0 radical (unpaired) electrons. The molecule has 0 atom stereocenters. The molecule has 0 aliphatic carbocycles. The van der Waals surface area contributed by atoms with E-state index in [2.05, 4.69) is 6.58 Å². The number of allylic oxidation sites excluding steroid dienone is 1. The Morgan fingerprint density at radius 2 is 1.86 bits per heavy atom. The van der Waals surface area contributed by atoms with Crippen LogP contribution < -0.4 is 0 Å². The summed E-state index contributed by atoms with van der Waals surface area (Å²) >= 11 is 1.56. The van der Waals surface area contributed by atoms with Gasteiger partial charge in [0.25, 0.3) is 0 Å². The molecule has 0 fully saturated rings. The van der Waals surface area contributed by atoms with Crippen molar-refractivity contribution in [2.75, 3.05) is 0 Å². The number of hydrogen-bond acceptors (Lipinski definition) is 1. The summed E-state index contributed by atoms with van der Waals surface area (Å²) in [5.74, 6) is -0.203. The van der Waals surface area contributed by atoms with Crippen LogP contribution in [0.3, 0.4) is 0 Å². The molecule has 0 aliphatic heterocycles. The quantitative estimate of drug-likeness (QED) is 0.707. The first kappa shape index (κ1) is 11.1. The highest BCUT2D eigenvalue weighted by Gasteiger charge is 2.02. The van der Waals surface area contributed by atoms with E-state index in [0.29, 0.717) is 0 Å². The van der Waals surface area contributed by atoms with Gasteiger partial charge in [0.05, 0.1) is 0 Å². The lowest BCUT2D eigenvalue weighted by Gasteiger charge is -2.06. The molecule has 1 aromatic rings. The standard InChI is InChI=1S/C12H13FS/c1-4-14-12(9(2)3)10-5-7-11(13)8-6-10/h4-8H,1H2,2-3H3. The Balaban J connectivity index is 3.07. The first-order valence-electron chi connectivity index (χ1n) is 4.36. The molecular weight excluding hydrogens is 195 g/mol. The smallest absolute Gasteiger partial charge is 0.123 e. The molecule has 0 N–H and O–H groups in total. The van der Waals surface area contributed by atoms with Crippen LogP contribution in [0.4, 0.5) is 4.39 Å². The van der Waals surface area contributed by atoms with Crippen LogP contribution in [0.15, 0.2) is 41.8 Å². The van der Waals surface area contributed by atoms with Gasteiger partial charge in [0.15, 0.2) is 0 Å². The SMILES string of the molecule is C=CSC(=C(C)C)c1ccc(F)cc1. The van der Waals surface area contributed by atoms with Gasteiger partial charge < -0.3 is 0 Å². The minimum atomic E-state index is -0.203. The highest BCUT2D eigenvalue weighted by atomic mass is 32.2. The molecule has 0 nitrogen and oxygen atoms in total. The predicted molar refractivity (Wildman–Crippen MR) is 62.5 cm³/mol. The first-order chi connectivity index (χ1) is 6.65. The molecule has 0 saturated carbocycles. The Labute approximate surface area is 88.5 Å². The van der Waals surface area contributed by atoms with E-state index in [1.165, 1.54) is 17.7 Å². The highest BCUT2D eigenvalue weighted by Crippen LogP contribution is 2.31. The summed E-state index contributed by atoms with van der Waals surface area (Å²) in [6, 6.07) is 6.52. The van der Waals surface area contributed by atoms with Crippen LogP contribution in [0.5, 0.6) is 0 Å². The van der Waals surface area contributed by atoms with E-state index in [-0.39, 0.29) is 5.82 Å². The van der Waals surface area contributed by atoms with Gasteiger partial charge in [0.1, 0.15) is 5.82 Å². The average Bonchev–Trinajstić information content (AvgIpc) is 2.15. The van der Waals surface area contributed by atoms with E-state index < -0.39 is 0 Å². The number of halogens is 1. The monoisotopic (exact) mass is 208 g/mol. The lowest BCUT2D eigenvalue weighted by atomic mass is 10.1. The van der Waals surface area contributed by atoms with Gasteiger partial charge in [0.2, 0.25) is 0 Å². The largest absolute Gasteiger partial charge is 0.207 e. The van der Waals surface area contributed by atoms with Crippen molar-refractivity contribution in [1.82, 2.24) is 0 Å². The fourth-order valence-corrected chi connectivity index (χ4v) is 1.83. The van der Waals surface area contributed by atoms with E-state index in [4.69, 9.17) is 0 Å². The Morgan fingerprint density at radius 1 is 1.29 bits per heavy atom. The van der Waals surface area contributed by atoms with Crippen LogP contribution in [-0.2, 0) is 0 Å². The third kappa shape index (κ3) is 2.74. The van der Waals surface area contributed by atoms with Crippen LogP contribution in [0, 0.1) is 5.82 Å². The average molecular weight is 208 g/mol. The van der Waals surface area contributed by atoms with Gasteiger partial charge in [-0.25, -0.2) is 4.39 Å². The Hall–Kier alpha value is -1.02. The molecule has 0 heterocycles. The summed E-state index contributed by atoms with van der Waals surface area (Å²) in [5.41, 5.74) is 2.25. The summed E-state index contributed by atoms with van der Waals surface area (Å²) in [5, 5.41) is 1.78. The summed E-state index contributed by atoms with van der Waals surface area (Å²) in [4.78, 5) is 1.14. The number of thioether (sulfide) groups is 1. The zero-order valence-electron chi connectivity index (χ0n) is 8.38. The number of rotatable bonds is 3. The Kier molecular flexibility index (Phi) is 3.96. The van der Waals surface area contributed by atoms with Crippen molar-refractivity contribution in [3.63, 3.8) is 0 Å². The third-order valence-electron chi connectivity index (χ3n) is 1.76. The van der Waals surface area contributed by atoms with Crippen molar-refractivity contribution >= 4 is 16.7 Å². The van der Waals surface area contributed by atoms with Gasteiger partial charge in [-0.3, -0.25) is 0 Å². The van der Waals surface area contributed by atoms with Crippen molar-refractivity contribution in [3.8, 4) is 0 Å². The van der Waals surface area contributed by atoms with Crippen molar-refractivity contribution in [1.29, 1.82) is 0 Å². The van der Waals surface area contributed by atoms with Crippen LogP contribution in [0.2, 0.25) is 0 Å². The second-order valence-corrected chi connectivity index (χ2v) is 4.10. The molecule has 0 spiro atoms. The van der Waals surface area contributed by atoms with Crippen LogP contribution in [0.25, 0.3) is 4.91 Å². The topological polar surface area (TPSA) is 0 Å². The zero-order valence-corrected chi connectivity index (χ0v) is 9.20. The van der Waals surface area contributed by atoms with E-state index in [0.717, 1.165) is 10.5 Å². The fourth-order valence-electron chi connectivity index (χ4n) is 1.16. The molecular formula is C12H13FS. The summed E-state index contributed by atoms with van der Waals surface area (Å²) in [6.45, 7) is 7.75. The predicted octanol–water partition coefficient (Wildman–Crippen LogP) is 4.45. The van der Waals surface area contributed by atoms with Crippen LogP contribution in [-0.4, -0.2) is 0 Å². The van der Waals surface area contributed by atoms with Gasteiger partial charge in [-0.05, 0) is 37.0 Å². The molecule has 1 rings (SSSR count). The van der Waals surface area contributed by atoms with E-state index in [9.17, 15) is 4.39 Å². The molecule has 0 bridgehead atoms. The van der Waals surface area contributed by atoms with Gasteiger partial charge in [-0.2, -0.15) is 0 Å². The van der Waals surface area contributed by atoms with Crippen molar-refractivity contribution in [2.45, 2.75) is 13.8 Å². The second-order valence-electron chi connectivity index (χ2n) is 3.12. The van der Waals surface area contributed by atoms with Crippen molar-refractivity contribution in [3.05, 3.63) is 53.2 Å². The maximum absolute atomic E-state index is 12.7. The molecule has 2 heteroatoms. The maximum atomic E-state index is 12.7. The van der Waals surface area contributed by atoms with E-state index in [1.807, 2.05) is 13.8 Å². The van der Waals surface area contributed by atoms with Crippen LogP contribution >= 0.6 is 11.8 Å². The number of hydrogen-bond donors (Lipinski definition) is 0. The Bertz CT molecular complexity index is 345. The molecule has 74 valence electrons. The van der Waals surface area contributed by atoms with Crippen LogP contribution in [0.1, 0.15) is 19.4 Å². The third-order valence-corrected chi connectivity index (χ3v) is 2.81. The van der Waals surface area contributed by atoms with Gasteiger partial charge in [0, 0.05) is 4.91 Å². The van der Waals surface area contributed by atoms with Gasteiger partial charge >= 0.3 is 0 Å². The first-order valence-corrected chi connectivity index (χ1v) is 5.24. The molecule has 1 aromatic carbocycles. The molecule has 14 heavy (non-hydrogen) atoms. The Morgan fingerprint density at radius 3 is 2.29 bits per heavy atom. The summed E-state index contributed by atoms with van der Waals surface area (Å²) in [6.07, 6.45) is 0. The summed E-state index contributed by atoms with van der Waals surface area (Å²) in [7, 11) is 0. The second kappa shape index (κ2) is 5.01. The molecule has 0 unspecified atom stereocenters. The minimum absolute atomic E-state index is 0.203. The molecule has 0 aromatic heterocycles. The zero-order chi connectivity index (χ0) is 10.6. The number of benzene rings is 1. The highest BCUT2D eigenvalue weighted by molar-refractivity contribution is 8.10. The maximum Gasteiger partial charge on any atom is 0.123 e. The lowest BCUT2D eigenvalue weighted by molar-refractivity contribution is 0.627. The fraction of sp³-hybridized carbons (Fsp3) is 0.167. The van der Waals surface area contributed by atoms with Gasteiger partial charge in [-0.1, -0.05) is 36.0 Å². The van der Waals surface area contributed by atoms with E-state index >= 15 is 0 Å². The normalized spacial score (nSPS) is 9.64.